The van der Waals surface area contributed by atoms with Gasteiger partial charge in [0.2, 0.25) is 0 Å². The van der Waals surface area contributed by atoms with Gasteiger partial charge in [0.1, 0.15) is 0 Å². The second-order valence-corrected chi connectivity index (χ2v) is 2.74. The molecule has 3 nitrogen and oxygen atoms in total. The van der Waals surface area contributed by atoms with Gasteiger partial charge in [0, 0.05) is 13.7 Å². The molecule has 3 heteroatoms. The Morgan fingerprint density at radius 1 is 1.45 bits per heavy atom. The normalized spacial score (nSPS) is 13.4. The lowest BCUT2D eigenvalue weighted by Crippen LogP contribution is -2.24. The lowest BCUT2D eigenvalue weighted by Gasteiger charge is -2.13. The Labute approximate surface area is 69.3 Å². The van der Waals surface area contributed by atoms with Crippen molar-refractivity contribution >= 4 is 0 Å². The van der Waals surface area contributed by atoms with Crippen molar-refractivity contribution in [2.45, 2.75) is 38.7 Å². The fourth-order valence-electron chi connectivity index (χ4n) is 1.13. The summed E-state index contributed by atoms with van der Waals surface area (Å²) in [5, 5.41) is 0. The van der Waals surface area contributed by atoms with Gasteiger partial charge in [-0.2, -0.15) is 0 Å². The van der Waals surface area contributed by atoms with Gasteiger partial charge in [0.15, 0.2) is 0 Å². The first kappa shape index (κ1) is 10.9. The van der Waals surface area contributed by atoms with Gasteiger partial charge >= 0.3 is 0 Å². The molecule has 1 atom stereocenters. The molecule has 0 saturated carbocycles. The maximum atomic E-state index is 5.27. The van der Waals surface area contributed by atoms with Gasteiger partial charge in [-0.15, -0.1) is 0 Å². The SMILES string of the molecule is CCC[C@@H](CCCNN)OC. The maximum Gasteiger partial charge on any atom is 0.0571 e. The van der Waals surface area contributed by atoms with Gasteiger partial charge in [0.05, 0.1) is 6.10 Å². The van der Waals surface area contributed by atoms with E-state index in [1.165, 1.54) is 6.42 Å². The Hall–Kier alpha value is -0.120. The average Bonchev–Trinajstić information content (AvgIpc) is 2.03. The van der Waals surface area contributed by atoms with Crippen molar-refractivity contribution in [3.8, 4) is 0 Å². The van der Waals surface area contributed by atoms with E-state index in [1.54, 1.807) is 7.11 Å². The molecule has 0 heterocycles. The minimum Gasteiger partial charge on any atom is -0.381 e. The van der Waals surface area contributed by atoms with E-state index in [9.17, 15) is 0 Å². The molecule has 11 heavy (non-hydrogen) atoms. The molecule has 0 radical (unpaired) electrons. The number of nitrogens with two attached hydrogens (primary N) is 1. The number of hydrogen-bond acceptors (Lipinski definition) is 3. The van der Waals surface area contributed by atoms with Crippen LogP contribution in [0.5, 0.6) is 0 Å². The van der Waals surface area contributed by atoms with E-state index < -0.39 is 0 Å². The Morgan fingerprint density at radius 2 is 2.18 bits per heavy atom. The lowest BCUT2D eigenvalue weighted by molar-refractivity contribution is 0.0856. The van der Waals surface area contributed by atoms with Crippen LogP contribution >= 0.6 is 0 Å². The molecule has 0 aromatic rings. The zero-order valence-electron chi connectivity index (χ0n) is 7.60. The van der Waals surface area contributed by atoms with Gasteiger partial charge < -0.3 is 4.74 Å². The highest BCUT2D eigenvalue weighted by molar-refractivity contribution is 4.57. The molecule has 0 amide bonds. The summed E-state index contributed by atoms with van der Waals surface area (Å²) in [6.45, 7) is 3.05. The lowest BCUT2D eigenvalue weighted by atomic mass is 10.1. The number of rotatable bonds is 7. The van der Waals surface area contributed by atoms with Crippen molar-refractivity contribution in [1.29, 1.82) is 0 Å². The molecule has 0 spiro atoms. The van der Waals surface area contributed by atoms with E-state index in [4.69, 9.17) is 10.6 Å². The summed E-state index contributed by atoms with van der Waals surface area (Å²) < 4.78 is 5.27. The molecule has 0 aliphatic heterocycles. The van der Waals surface area contributed by atoms with Crippen LogP contribution in [0, 0.1) is 0 Å². The Kier molecular flexibility index (Phi) is 7.89. The van der Waals surface area contributed by atoms with E-state index >= 15 is 0 Å². The van der Waals surface area contributed by atoms with Crippen LogP contribution in [0.3, 0.4) is 0 Å². The topological polar surface area (TPSA) is 47.3 Å². The first-order valence-corrected chi connectivity index (χ1v) is 4.31. The molecule has 0 aliphatic rings. The van der Waals surface area contributed by atoms with Crippen molar-refractivity contribution in [2.75, 3.05) is 13.7 Å². The van der Waals surface area contributed by atoms with E-state index in [1.807, 2.05) is 0 Å². The molecule has 0 bridgehead atoms. The number of ether oxygens (including phenoxy) is 1. The molecular weight excluding hydrogens is 140 g/mol. The standard InChI is InChI=1S/C8H20N2O/c1-3-5-8(11-2)6-4-7-10-9/h8,10H,3-7,9H2,1-2H3/t8-/m0/s1. The average molecular weight is 160 g/mol. The van der Waals surface area contributed by atoms with Gasteiger partial charge in [-0.3, -0.25) is 11.3 Å². The minimum atomic E-state index is 0.424. The van der Waals surface area contributed by atoms with Gasteiger partial charge in [-0.25, -0.2) is 0 Å². The van der Waals surface area contributed by atoms with Crippen molar-refractivity contribution in [1.82, 2.24) is 5.43 Å². The van der Waals surface area contributed by atoms with Crippen molar-refractivity contribution in [3.05, 3.63) is 0 Å². The Balaban J connectivity index is 3.20. The minimum absolute atomic E-state index is 0.424. The summed E-state index contributed by atoms with van der Waals surface area (Å²) >= 11 is 0. The number of nitrogens with one attached hydrogen (secondary N) is 1. The smallest absolute Gasteiger partial charge is 0.0571 e. The largest absolute Gasteiger partial charge is 0.381 e. The second kappa shape index (κ2) is 7.98. The molecule has 0 aromatic heterocycles. The molecular formula is C8H20N2O. The van der Waals surface area contributed by atoms with Crippen LogP contribution in [-0.2, 0) is 4.74 Å². The van der Waals surface area contributed by atoms with E-state index in [2.05, 4.69) is 12.3 Å². The second-order valence-electron chi connectivity index (χ2n) is 2.74. The quantitative estimate of drug-likeness (QED) is 0.332. The van der Waals surface area contributed by atoms with Crippen LogP contribution in [-0.4, -0.2) is 19.8 Å². The molecule has 0 rings (SSSR count). The molecule has 3 N–H and O–H groups in total. The zero-order valence-corrected chi connectivity index (χ0v) is 7.60. The highest BCUT2D eigenvalue weighted by Gasteiger charge is 2.03. The zero-order chi connectivity index (χ0) is 8.53. The fraction of sp³-hybridized carbons (Fsp3) is 1.00. The molecule has 0 fully saturated rings. The van der Waals surface area contributed by atoms with Crippen LogP contribution in [0.25, 0.3) is 0 Å². The van der Waals surface area contributed by atoms with Crippen LogP contribution in [0.2, 0.25) is 0 Å². The van der Waals surface area contributed by atoms with Gasteiger partial charge in [0.25, 0.3) is 0 Å². The first-order valence-electron chi connectivity index (χ1n) is 4.31. The molecule has 0 saturated heterocycles. The number of hydrogen-bond donors (Lipinski definition) is 2. The van der Waals surface area contributed by atoms with Crippen molar-refractivity contribution < 1.29 is 4.74 Å². The predicted molar refractivity (Wildman–Crippen MR) is 47.1 cm³/mol. The Bertz CT molecular complexity index is 78.5. The first-order chi connectivity index (χ1) is 5.35. The summed E-state index contributed by atoms with van der Waals surface area (Å²) in [6.07, 6.45) is 4.97. The fourth-order valence-corrected chi connectivity index (χ4v) is 1.13. The third-order valence-corrected chi connectivity index (χ3v) is 1.79. The third kappa shape index (κ3) is 6.28. The molecule has 68 valence electrons. The maximum absolute atomic E-state index is 5.27. The molecule has 0 aliphatic carbocycles. The molecule has 0 unspecified atom stereocenters. The van der Waals surface area contributed by atoms with Crippen molar-refractivity contribution in [2.24, 2.45) is 5.84 Å². The van der Waals surface area contributed by atoms with Crippen LogP contribution < -0.4 is 11.3 Å². The number of methoxy groups -OCH3 is 1. The number of hydrazine groups is 1. The van der Waals surface area contributed by atoms with Crippen LogP contribution in [0.1, 0.15) is 32.6 Å². The van der Waals surface area contributed by atoms with E-state index in [0.29, 0.717) is 6.10 Å². The van der Waals surface area contributed by atoms with E-state index in [0.717, 1.165) is 25.8 Å². The van der Waals surface area contributed by atoms with Crippen LogP contribution in [0.15, 0.2) is 0 Å². The Morgan fingerprint density at radius 3 is 2.64 bits per heavy atom. The monoisotopic (exact) mass is 160 g/mol. The highest BCUT2D eigenvalue weighted by Crippen LogP contribution is 2.07. The van der Waals surface area contributed by atoms with Crippen molar-refractivity contribution in [3.63, 3.8) is 0 Å². The summed E-state index contributed by atoms with van der Waals surface area (Å²) in [6, 6.07) is 0. The molecule has 0 aromatic carbocycles. The third-order valence-electron chi connectivity index (χ3n) is 1.79. The van der Waals surface area contributed by atoms with Gasteiger partial charge in [-0.1, -0.05) is 13.3 Å². The highest BCUT2D eigenvalue weighted by atomic mass is 16.5. The summed E-state index contributed by atoms with van der Waals surface area (Å²) in [5.41, 5.74) is 2.63. The van der Waals surface area contributed by atoms with Crippen LogP contribution in [0.4, 0.5) is 0 Å². The van der Waals surface area contributed by atoms with E-state index in [-0.39, 0.29) is 0 Å². The predicted octanol–water partition coefficient (Wildman–Crippen LogP) is 1.05. The van der Waals surface area contributed by atoms with Gasteiger partial charge in [-0.05, 0) is 19.3 Å². The summed E-state index contributed by atoms with van der Waals surface area (Å²) in [4.78, 5) is 0. The summed E-state index contributed by atoms with van der Waals surface area (Å²) in [7, 11) is 1.77. The summed E-state index contributed by atoms with van der Waals surface area (Å²) in [5.74, 6) is 5.14.